The highest BCUT2D eigenvalue weighted by molar-refractivity contribution is 8.01. The van der Waals surface area contributed by atoms with E-state index >= 15 is 0 Å². The third kappa shape index (κ3) is 3.89. The van der Waals surface area contributed by atoms with E-state index in [1.807, 2.05) is 0 Å². The molecule has 2 amide bonds. The van der Waals surface area contributed by atoms with Gasteiger partial charge in [0.05, 0.1) is 16.5 Å². The molecule has 0 aliphatic carbocycles. The molecule has 0 aromatic heterocycles. The van der Waals surface area contributed by atoms with Crippen LogP contribution < -0.4 is 5.32 Å². The van der Waals surface area contributed by atoms with Crippen LogP contribution in [0.2, 0.25) is 0 Å². The molecule has 1 aromatic carbocycles. The van der Waals surface area contributed by atoms with Crippen molar-refractivity contribution in [2.75, 3.05) is 0 Å². The molecule has 8 nitrogen and oxygen atoms in total. The third-order valence-electron chi connectivity index (χ3n) is 4.74. The van der Waals surface area contributed by atoms with Gasteiger partial charge >= 0.3 is 11.9 Å². The summed E-state index contributed by atoms with van der Waals surface area (Å²) in [5, 5.41) is 11.6. The van der Waals surface area contributed by atoms with E-state index in [0.717, 1.165) is 4.90 Å². The number of thioether (sulfide) groups is 1. The lowest BCUT2D eigenvalue weighted by atomic mass is 10.0. The maximum absolute atomic E-state index is 13.1. The number of hydrogen-bond donors (Lipinski definition) is 2. The first-order chi connectivity index (χ1) is 13.3. The smallest absolute Gasteiger partial charge is 0.332 e. The van der Waals surface area contributed by atoms with Crippen LogP contribution in [-0.4, -0.2) is 61.6 Å². The number of hydrogen-bond acceptors (Lipinski definition) is 7. The van der Waals surface area contributed by atoms with Gasteiger partial charge in [0.2, 0.25) is 0 Å². The van der Waals surface area contributed by atoms with Gasteiger partial charge in [0.1, 0.15) is 11.6 Å². The molecule has 3 atom stereocenters. The highest BCUT2D eigenvalue weighted by Crippen LogP contribution is 2.42. The van der Waals surface area contributed by atoms with Crippen molar-refractivity contribution in [3.05, 3.63) is 35.4 Å². The summed E-state index contributed by atoms with van der Waals surface area (Å²) >= 11 is 1.20. The first-order valence-corrected chi connectivity index (χ1v) is 10.1. The highest BCUT2D eigenvalue weighted by atomic mass is 32.2. The van der Waals surface area contributed by atoms with Crippen molar-refractivity contribution in [3.8, 4) is 0 Å². The van der Waals surface area contributed by atoms with E-state index in [9.17, 15) is 24.3 Å². The van der Waals surface area contributed by atoms with Crippen LogP contribution >= 0.6 is 11.8 Å². The number of nitrogens with zero attached hydrogens (tertiary/aromatic N) is 1. The molecule has 1 fully saturated rings. The second kappa shape index (κ2) is 7.14. The molecule has 1 aromatic rings. The van der Waals surface area contributed by atoms with Gasteiger partial charge in [-0.2, -0.15) is 0 Å². The molecule has 0 bridgehead atoms. The minimum Gasteiger partial charge on any atom is -0.480 e. The Labute approximate surface area is 173 Å². The molecular formula is C20H24N2O6S. The van der Waals surface area contributed by atoms with Crippen LogP contribution in [0.5, 0.6) is 0 Å². The number of esters is 1. The zero-order chi connectivity index (χ0) is 21.7. The Morgan fingerprint density at radius 3 is 2.10 bits per heavy atom. The molecule has 9 heteroatoms. The van der Waals surface area contributed by atoms with Crippen LogP contribution in [-0.2, 0) is 14.3 Å². The van der Waals surface area contributed by atoms with Gasteiger partial charge in [-0.1, -0.05) is 12.1 Å². The zero-order valence-electron chi connectivity index (χ0n) is 16.9. The van der Waals surface area contributed by atoms with Crippen molar-refractivity contribution in [2.24, 2.45) is 0 Å². The number of fused-ring (bicyclic) bond motifs is 1. The maximum atomic E-state index is 13.1. The SMILES string of the molecule is CC(C)(C)OC(=O)[C@H](C1N[C@@H](C(=O)O)C(C)(C)S1)N1C(=O)c2ccccc2C1=O. The van der Waals surface area contributed by atoms with Crippen molar-refractivity contribution in [2.45, 2.75) is 62.4 Å². The molecule has 2 aliphatic rings. The Morgan fingerprint density at radius 1 is 1.17 bits per heavy atom. The molecule has 1 unspecified atom stereocenters. The van der Waals surface area contributed by atoms with E-state index in [0.29, 0.717) is 0 Å². The molecule has 1 saturated heterocycles. The average Bonchev–Trinajstić information content (AvgIpc) is 3.03. The van der Waals surface area contributed by atoms with E-state index in [-0.39, 0.29) is 11.1 Å². The van der Waals surface area contributed by atoms with Crippen LogP contribution in [0.4, 0.5) is 0 Å². The van der Waals surface area contributed by atoms with Gasteiger partial charge in [-0.25, -0.2) is 4.79 Å². The molecule has 2 N–H and O–H groups in total. The summed E-state index contributed by atoms with van der Waals surface area (Å²) in [5.74, 6) is -3.03. The number of rotatable bonds is 4. The number of amides is 2. The Morgan fingerprint density at radius 2 is 1.69 bits per heavy atom. The molecule has 2 aliphatic heterocycles. The van der Waals surface area contributed by atoms with Gasteiger partial charge in [-0.3, -0.25) is 24.6 Å². The molecule has 0 saturated carbocycles. The van der Waals surface area contributed by atoms with Crippen LogP contribution in [0.1, 0.15) is 55.3 Å². The number of carbonyl (C=O) groups excluding carboxylic acids is 3. The normalized spacial score (nSPS) is 24.4. The van der Waals surface area contributed by atoms with Crippen molar-refractivity contribution in [1.82, 2.24) is 10.2 Å². The second-order valence-electron chi connectivity index (χ2n) is 8.58. The summed E-state index contributed by atoms with van der Waals surface area (Å²) < 4.78 is 4.73. The second-order valence-corrected chi connectivity index (χ2v) is 10.4. The fourth-order valence-corrected chi connectivity index (χ4v) is 5.03. The topological polar surface area (TPSA) is 113 Å². The Kier molecular flexibility index (Phi) is 5.25. The largest absolute Gasteiger partial charge is 0.480 e. The lowest BCUT2D eigenvalue weighted by Crippen LogP contribution is -2.56. The van der Waals surface area contributed by atoms with Crippen molar-refractivity contribution < 1.29 is 29.0 Å². The van der Waals surface area contributed by atoms with Crippen molar-refractivity contribution in [1.29, 1.82) is 0 Å². The first-order valence-electron chi connectivity index (χ1n) is 9.20. The number of nitrogens with one attached hydrogen (secondary N) is 1. The zero-order valence-corrected chi connectivity index (χ0v) is 17.7. The van der Waals surface area contributed by atoms with Crippen molar-refractivity contribution in [3.63, 3.8) is 0 Å². The molecule has 156 valence electrons. The molecule has 0 radical (unpaired) electrons. The molecule has 3 rings (SSSR count). The molecule has 0 spiro atoms. The summed E-state index contributed by atoms with van der Waals surface area (Å²) in [4.78, 5) is 51.7. The number of ether oxygens (including phenoxy) is 1. The Hall–Kier alpha value is -2.39. The number of benzene rings is 1. The minimum absolute atomic E-state index is 0.211. The van der Waals surface area contributed by atoms with Gasteiger partial charge in [0, 0.05) is 4.75 Å². The molecule has 29 heavy (non-hydrogen) atoms. The summed E-state index contributed by atoms with van der Waals surface area (Å²) in [6.07, 6.45) is 0. The fourth-order valence-electron chi connectivity index (χ4n) is 3.51. The van der Waals surface area contributed by atoms with Crippen LogP contribution in [0.25, 0.3) is 0 Å². The number of aliphatic carboxylic acids is 1. The quantitative estimate of drug-likeness (QED) is 0.561. The van der Waals surface area contributed by atoms with E-state index in [1.54, 1.807) is 46.8 Å². The predicted octanol–water partition coefficient (Wildman–Crippen LogP) is 1.89. The molecular weight excluding hydrogens is 396 g/mol. The lowest BCUT2D eigenvalue weighted by molar-refractivity contribution is -0.160. The fraction of sp³-hybridized carbons (Fsp3) is 0.500. The van der Waals surface area contributed by atoms with Gasteiger partial charge < -0.3 is 9.84 Å². The van der Waals surface area contributed by atoms with Crippen LogP contribution in [0.15, 0.2) is 24.3 Å². The summed E-state index contributed by atoms with van der Waals surface area (Å²) in [6, 6.07) is 4.07. The summed E-state index contributed by atoms with van der Waals surface area (Å²) in [6.45, 7) is 8.52. The number of carboxylic acids is 1. The van der Waals surface area contributed by atoms with Crippen molar-refractivity contribution >= 4 is 35.5 Å². The Balaban J connectivity index is 2.02. The minimum atomic E-state index is -1.31. The summed E-state index contributed by atoms with van der Waals surface area (Å²) in [7, 11) is 0. The monoisotopic (exact) mass is 420 g/mol. The van der Waals surface area contributed by atoms with E-state index in [4.69, 9.17) is 4.74 Å². The average molecular weight is 420 g/mol. The lowest BCUT2D eigenvalue weighted by Gasteiger charge is -2.32. The van der Waals surface area contributed by atoms with Gasteiger partial charge in [0.25, 0.3) is 11.8 Å². The van der Waals surface area contributed by atoms with Gasteiger partial charge in [-0.05, 0) is 46.8 Å². The van der Waals surface area contributed by atoms with Crippen LogP contribution in [0, 0.1) is 0 Å². The maximum Gasteiger partial charge on any atom is 0.332 e. The summed E-state index contributed by atoms with van der Waals surface area (Å²) in [5.41, 5.74) is -0.426. The van der Waals surface area contributed by atoms with E-state index in [1.165, 1.54) is 23.9 Å². The third-order valence-corrected chi connectivity index (χ3v) is 6.23. The predicted molar refractivity (Wildman–Crippen MR) is 107 cm³/mol. The van der Waals surface area contributed by atoms with E-state index < -0.39 is 51.6 Å². The highest BCUT2D eigenvalue weighted by Gasteiger charge is 2.54. The van der Waals surface area contributed by atoms with E-state index in [2.05, 4.69) is 5.32 Å². The number of carboxylic acid groups (broad SMARTS) is 1. The standard InChI is InChI=1S/C20H24N2O6S/c1-19(2,3)28-18(27)12(14-21-13(17(25)26)20(4,5)29-14)22-15(23)10-8-6-7-9-11(10)16(22)24/h6-9,12-14,21H,1-5H3,(H,25,26)/t12-,13-,14?/m0/s1. The first kappa shape index (κ1) is 21.3. The van der Waals surface area contributed by atoms with Gasteiger partial charge in [-0.15, -0.1) is 11.8 Å². The number of carbonyl (C=O) groups is 4. The number of imide groups is 1. The van der Waals surface area contributed by atoms with Gasteiger partial charge in [0.15, 0.2) is 6.04 Å². The molecule has 2 heterocycles. The Bertz CT molecular complexity index is 856. The van der Waals surface area contributed by atoms with Crippen LogP contribution in [0.3, 0.4) is 0 Å².